The van der Waals surface area contributed by atoms with Crippen LogP contribution in [0, 0.1) is 5.92 Å². The predicted octanol–water partition coefficient (Wildman–Crippen LogP) is 0.457. The van der Waals surface area contributed by atoms with Crippen molar-refractivity contribution in [2.45, 2.75) is 32.6 Å². The summed E-state index contributed by atoms with van der Waals surface area (Å²) in [5.74, 6) is 0.896. The summed E-state index contributed by atoms with van der Waals surface area (Å²) in [7, 11) is 0. The van der Waals surface area contributed by atoms with Gasteiger partial charge in [-0.2, -0.15) is 0 Å². The van der Waals surface area contributed by atoms with E-state index in [2.05, 4.69) is 12.2 Å². The second-order valence-electron chi connectivity index (χ2n) is 5.55. The Bertz CT molecular complexity index is 327. The minimum absolute atomic E-state index is 0.102. The molecule has 2 fully saturated rings. The van der Waals surface area contributed by atoms with Gasteiger partial charge in [-0.25, -0.2) is 0 Å². The molecule has 0 aromatic carbocycles. The first kappa shape index (κ1) is 14.3. The third-order valence-corrected chi connectivity index (χ3v) is 4.30. The molecule has 2 aliphatic rings. The molecule has 2 rings (SSSR count). The number of hydrogen-bond donors (Lipinski definition) is 1. The molecule has 2 aliphatic heterocycles. The molecular formula is C14H25N3O2. The zero-order chi connectivity index (χ0) is 13.7. The average molecular weight is 267 g/mol. The number of carbonyl (C=O) groups is 2. The van der Waals surface area contributed by atoms with Crippen LogP contribution in [-0.4, -0.2) is 60.9 Å². The second kappa shape index (κ2) is 6.89. The Morgan fingerprint density at radius 3 is 2.68 bits per heavy atom. The molecule has 1 atom stereocenters. The third-order valence-electron chi connectivity index (χ3n) is 4.30. The fourth-order valence-corrected chi connectivity index (χ4v) is 2.85. The van der Waals surface area contributed by atoms with Crippen molar-refractivity contribution in [2.75, 3.05) is 39.3 Å². The fourth-order valence-electron chi connectivity index (χ4n) is 2.85. The van der Waals surface area contributed by atoms with Crippen molar-refractivity contribution in [1.82, 2.24) is 15.1 Å². The van der Waals surface area contributed by atoms with E-state index in [0.29, 0.717) is 12.3 Å². The van der Waals surface area contributed by atoms with Crippen LogP contribution in [0.15, 0.2) is 0 Å². The number of rotatable bonds is 3. The van der Waals surface area contributed by atoms with Gasteiger partial charge in [0.25, 0.3) is 0 Å². The van der Waals surface area contributed by atoms with Gasteiger partial charge >= 0.3 is 0 Å². The molecule has 0 aromatic rings. The second-order valence-corrected chi connectivity index (χ2v) is 5.55. The molecule has 0 spiro atoms. The molecule has 2 heterocycles. The molecule has 1 N–H and O–H groups in total. The standard InChI is InChI=1S/C14H25N3O2/c1-2-12-3-4-13(18)17(8-5-12)11-14(19)16-9-6-15-7-10-16/h12,15H,2-11H2,1H3. The van der Waals surface area contributed by atoms with E-state index in [0.717, 1.165) is 52.0 Å². The van der Waals surface area contributed by atoms with Crippen molar-refractivity contribution in [3.05, 3.63) is 0 Å². The number of piperazine rings is 1. The monoisotopic (exact) mass is 267 g/mol. The summed E-state index contributed by atoms with van der Waals surface area (Å²) in [4.78, 5) is 27.8. The quantitative estimate of drug-likeness (QED) is 0.808. The lowest BCUT2D eigenvalue weighted by Crippen LogP contribution is -2.50. The molecule has 5 heteroatoms. The number of likely N-dealkylation sites (tertiary alicyclic amines) is 1. The summed E-state index contributed by atoms with van der Waals surface area (Å²) in [5, 5.41) is 3.23. The van der Waals surface area contributed by atoms with E-state index in [1.54, 1.807) is 4.90 Å². The van der Waals surface area contributed by atoms with Crippen molar-refractivity contribution >= 4 is 11.8 Å². The lowest BCUT2D eigenvalue weighted by atomic mass is 9.98. The molecule has 2 amide bonds. The molecule has 1 unspecified atom stereocenters. The number of hydrogen-bond acceptors (Lipinski definition) is 3. The van der Waals surface area contributed by atoms with E-state index in [1.807, 2.05) is 4.90 Å². The molecule has 0 aromatic heterocycles. The Labute approximate surface area is 115 Å². The van der Waals surface area contributed by atoms with Crippen LogP contribution in [0.5, 0.6) is 0 Å². The first-order valence-electron chi connectivity index (χ1n) is 7.47. The van der Waals surface area contributed by atoms with Gasteiger partial charge in [-0.15, -0.1) is 0 Å². The maximum Gasteiger partial charge on any atom is 0.242 e. The van der Waals surface area contributed by atoms with E-state index < -0.39 is 0 Å². The van der Waals surface area contributed by atoms with Crippen molar-refractivity contribution in [3.63, 3.8) is 0 Å². The number of amides is 2. The molecule has 2 saturated heterocycles. The fraction of sp³-hybridized carbons (Fsp3) is 0.857. The Kier molecular flexibility index (Phi) is 5.19. The number of nitrogens with one attached hydrogen (secondary N) is 1. The van der Waals surface area contributed by atoms with Crippen LogP contribution in [0.3, 0.4) is 0 Å². The Morgan fingerprint density at radius 1 is 1.26 bits per heavy atom. The molecular weight excluding hydrogens is 242 g/mol. The maximum atomic E-state index is 12.2. The Balaban J connectivity index is 1.86. The zero-order valence-electron chi connectivity index (χ0n) is 11.9. The van der Waals surface area contributed by atoms with Crippen molar-refractivity contribution in [2.24, 2.45) is 5.92 Å². The maximum absolute atomic E-state index is 12.2. The smallest absolute Gasteiger partial charge is 0.242 e. The topological polar surface area (TPSA) is 52.7 Å². The average Bonchev–Trinajstić information content (AvgIpc) is 2.62. The normalized spacial score (nSPS) is 25.3. The lowest BCUT2D eigenvalue weighted by molar-refractivity contribution is -0.140. The van der Waals surface area contributed by atoms with E-state index in [9.17, 15) is 9.59 Å². The van der Waals surface area contributed by atoms with Crippen molar-refractivity contribution in [1.29, 1.82) is 0 Å². The summed E-state index contributed by atoms with van der Waals surface area (Å²) in [5.41, 5.74) is 0. The van der Waals surface area contributed by atoms with Gasteiger partial charge in [-0.05, 0) is 18.8 Å². The van der Waals surface area contributed by atoms with E-state index in [4.69, 9.17) is 0 Å². The molecule has 108 valence electrons. The van der Waals surface area contributed by atoms with Crippen molar-refractivity contribution < 1.29 is 9.59 Å². The molecule has 0 aliphatic carbocycles. The third kappa shape index (κ3) is 3.93. The van der Waals surface area contributed by atoms with Gasteiger partial charge < -0.3 is 15.1 Å². The summed E-state index contributed by atoms with van der Waals surface area (Å²) in [6.45, 7) is 6.44. The highest BCUT2D eigenvalue weighted by atomic mass is 16.2. The highest BCUT2D eigenvalue weighted by molar-refractivity contribution is 5.85. The van der Waals surface area contributed by atoms with Gasteiger partial charge in [0.15, 0.2) is 0 Å². The summed E-state index contributed by atoms with van der Waals surface area (Å²) >= 11 is 0. The lowest BCUT2D eigenvalue weighted by Gasteiger charge is -2.30. The van der Waals surface area contributed by atoms with Crippen LogP contribution in [0.4, 0.5) is 0 Å². The summed E-state index contributed by atoms with van der Waals surface area (Å²) in [6, 6.07) is 0. The van der Waals surface area contributed by atoms with Crippen LogP contribution < -0.4 is 5.32 Å². The van der Waals surface area contributed by atoms with Crippen LogP contribution in [0.1, 0.15) is 32.6 Å². The SMILES string of the molecule is CCC1CCC(=O)N(CC(=O)N2CCNCC2)CC1. The van der Waals surface area contributed by atoms with Crippen LogP contribution in [0.2, 0.25) is 0 Å². The molecule has 0 saturated carbocycles. The highest BCUT2D eigenvalue weighted by Gasteiger charge is 2.25. The van der Waals surface area contributed by atoms with E-state index >= 15 is 0 Å². The minimum Gasteiger partial charge on any atom is -0.339 e. The van der Waals surface area contributed by atoms with Gasteiger partial charge in [-0.1, -0.05) is 13.3 Å². The number of carbonyl (C=O) groups excluding carboxylic acids is 2. The van der Waals surface area contributed by atoms with Gasteiger partial charge in [0.2, 0.25) is 11.8 Å². The van der Waals surface area contributed by atoms with Gasteiger partial charge in [0.1, 0.15) is 0 Å². The van der Waals surface area contributed by atoms with Crippen LogP contribution in [0.25, 0.3) is 0 Å². The van der Waals surface area contributed by atoms with E-state index in [1.165, 1.54) is 0 Å². The summed E-state index contributed by atoms with van der Waals surface area (Å²) < 4.78 is 0. The zero-order valence-corrected chi connectivity index (χ0v) is 11.9. The molecule has 5 nitrogen and oxygen atoms in total. The first-order valence-corrected chi connectivity index (χ1v) is 7.47. The Morgan fingerprint density at radius 2 is 2.00 bits per heavy atom. The molecule has 19 heavy (non-hydrogen) atoms. The highest BCUT2D eigenvalue weighted by Crippen LogP contribution is 2.20. The number of nitrogens with zero attached hydrogens (tertiary/aromatic N) is 2. The first-order chi connectivity index (χ1) is 9.20. The Hall–Kier alpha value is -1.10. The molecule has 0 bridgehead atoms. The summed E-state index contributed by atoms with van der Waals surface area (Å²) in [6.07, 6.45) is 3.75. The van der Waals surface area contributed by atoms with Gasteiger partial charge in [-0.3, -0.25) is 9.59 Å². The van der Waals surface area contributed by atoms with Crippen LogP contribution >= 0.6 is 0 Å². The largest absolute Gasteiger partial charge is 0.339 e. The van der Waals surface area contributed by atoms with E-state index in [-0.39, 0.29) is 18.4 Å². The van der Waals surface area contributed by atoms with Crippen molar-refractivity contribution in [3.8, 4) is 0 Å². The predicted molar refractivity (Wildman–Crippen MR) is 73.7 cm³/mol. The van der Waals surface area contributed by atoms with Gasteiger partial charge in [0.05, 0.1) is 6.54 Å². The molecule has 0 radical (unpaired) electrons. The van der Waals surface area contributed by atoms with Crippen LogP contribution in [-0.2, 0) is 9.59 Å². The minimum atomic E-state index is 0.102. The van der Waals surface area contributed by atoms with Gasteiger partial charge in [0, 0.05) is 39.1 Å².